The summed E-state index contributed by atoms with van der Waals surface area (Å²) in [6.45, 7) is 1.23. The normalized spacial score (nSPS) is 10.5. The van der Waals surface area contributed by atoms with Crippen LogP contribution in [0.5, 0.6) is 0 Å². The molecule has 2 N–H and O–H groups in total. The van der Waals surface area contributed by atoms with Crippen LogP contribution in [0.2, 0.25) is 0 Å². The average Bonchev–Trinajstić information content (AvgIpc) is 2.82. The number of methoxy groups -OCH3 is 1. The van der Waals surface area contributed by atoms with Crippen LogP contribution in [-0.2, 0) is 4.74 Å². The number of ether oxygens (including phenoxy) is 1. The van der Waals surface area contributed by atoms with Gasteiger partial charge in [0, 0.05) is 31.2 Å². The van der Waals surface area contributed by atoms with Crippen LogP contribution >= 0.6 is 0 Å². The van der Waals surface area contributed by atoms with Gasteiger partial charge in [0.15, 0.2) is 0 Å². The quantitative estimate of drug-likeness (QED) is 0.243. The first-order chi connectivity index (χ1) is 15.9. The summed E-state index contributed by atoms with van der Waals surface area (Å²) in [4.78, 5) is 38.7. The number of nitrogens with zero attached hydrogens (tertiary/aromatic N) is 3. The van der Waals surface area contributed by atoms with Crippen molar-refractivity contribution < 1.29 is 14.6 Å². The third kappa shape index (κ3) is 5.46. The highest BCUT2D eigenvalue weighted by Crippen LogP contribution is 2.31. The maximum atomic E-state index is 11.5. The minimum Gasteiger partial charge on any atom is -0.385 e. The molecule has 0 aliphatic rings. The molecule has 2 heterocycles. The summed E-state index contributed by atoms with van der Waals surface area (Å²) in [5.41, 5.74) is 0.876. The molecule has 4 aromatic rings. The molecule has 0 saturated heterocycles. The van der Waals surface area contributed by atoms with Gasteiger partial charge in [-0.2, -0.15) is 0 Å². The highest BCUT2D eigenvalue weighted by Gasteiger charge is 2.17. The van der Waals surface area contributed by atoms with E-state index in [4.69, 9.17) is 4.74 Å². The molecule has 2 aromatic heterocycles. The number of aromatic amines is 1. The highest BCUT2D eigenvalue weighted by molar-refractivity contribution is 5.95. The van der Waals surface area contributed by atoms with Gasteiger partial charge in [0.2, 0.25) is 0 Å². The van der Waals surface area contributed by atoms with Gasteiger partial charge in [-0.1, -0.05) is 30.3 Å². The van der Waals surface area contributed by atoms with Crippen LogP contribution in [0.15, 0.2) is 65.7 Å². The Bertz CT molecular complexity index is 1350. The number of nitro groups is 2. The summed E-state index contributed by atoms with van der Waals surface area (Å²) in [5.74, 6) is 0. The monoisotopic (exact) mass is 451 g/mol. The molecule has 33 heavy (non-hydrogen) atoms. The standard InChI is InChI=1S/C13H15N3O3.C9H6N2O3/c1-19-8-4-7-14-13-10-5-2-3-6-11(10)15-9-12(13)16(17)18;12-9-6-3-1-2-4-7(6)10-5-8(9)11(13)14/h2-3,5-6,9H,4,7-8H2,1H3,(H,14,15);1-5H,(H,10,12). The van der Waals surface area contributed by atoms with Gasteiger partial charge in [-0.25, -0.2) is 4.98 Å². The van der Waals surface area contributed by atoms with Crippen molar-refractivity contribution in [3.8, 4) is 0 Å². The first kappa shape index (κ1) is 23.3. The number of para-hydroxylation sites is 2. The first-order valence-electron chi connectivity index (χ1n) is 9.93. The molecule has 0 radical (unpaired) electrons. The molecule has 0 spiro atoms. The summed E-state index contributed by atoms with van der Waals surface area (Å²) >= 11 is 0. The summed E-state index contributed by atoms with van der Waals surface area (Å²) < 4.78 is 4.96. The van der Waals surface area contributed by atoms with Crippen LogP contribution in [0.1, 0.15) is 6.42 Å². The lowest BCUT2D eigenvalue weighted by Gasteiger charge is -2.09. The predicted octanol–water partition coefficient (Wildman–Crippen LogP) is 4.03. The summed E-state index contributed by atoms with van der Waals surface area (Å²) in [7, 11) is 1.63. The molecule has 0 saturated carbocycles. The maximum absolute atomic E-state index is 11.5. The van der Waals surface area contributed by atoms with E-state index >= 15 is 0 Å². The Morgan fingerprint density at radius 2 is 1.67 bits per heavy atom. The highest BCUT2D eigenvalue weighted by atomic mass is 16.6. The minimum absolute atomic E-state index is 0.00360. The molecule has 0 aliphatic carbocycles. The van der Waals surface area contributed by atoms with E-state index in [0.717, 1.165) is 23.5 Å². The van der Waals surface area contributed by atoms with Gasteiger partial charge in [0.25, 0.3) is 5.43 Å². The lowest BCUT2D eigenvalue weighted by molar-refractivity contribution is -0.386. The molecule has 0 unspecified atom stereocenters. The fourth-order valence-corrected chi connectivity index (χ4v) is 3.18. The number of hydrogen-bond acceptors (Lipinski definition) is 8. The van der Waals surface area contributed by atoms with E-state index in [0.29, 0.717) is 29.7 Å². The van der Waals surface area contributed by atoms with Crippen molar-refractivity contribution in [2.75, 3.05) is 25.6 Å². The van der Waals surface area contributed by atoms with Gasteiger partial charge in [-0.05, 0) is 24.6 Å². The van der Waals surface area contributed by atoms with Crippen LogP contribution in [0.3, 0.4) is 0 Å². The molecule has 11 heteroatoms. The molecule has 0 aliphatic heterocycles. The van der Waals surface area contributed by atoms with Crippen molar-refractivity contribution in [1.82, 2.24) is 9.97 Å². The van der Waals surface area contributed by atoms with E-state index in [1.807, 2.05) is 24.3 Å². The first-order valence-corrected chi connectivity index (χ1v) is 9.93. The Morgan fingerprint density at radius 3 is 2.36 bits per heavy atom. The van der Waals surface area contributed by atoms with Crippen molar-refractivity contribution in [2.24, 2.45) is 0 Å². The van der Waals surface area contributed by atoms with Crippen LogP contribution in [0.25, 0.3) is 21.8 Å². The van der Waals surface area contributed by atoms with Crippen molar-refractivity contribution in [2.45, 2.75) is 6.42 Å². The Labute approximate surface area is 187 Å². The third-order valence-electron chi connectivity index (χ3n) is 4.74. The zero-order chi connectivity index (χ0) is 23.8. The summed E-state index contributed by atoms with van der Waals surface area (Å²) in [6.07, 6.45) is 3.19. The molecular formula is C22H21N5O6. The SMILES string of the molecule is COCCCNc1c([N+](=O)[O-])cnc2ccccc12.O=c1c([N+](=O)[O-])c[nH]c2ccccc12. The van der Waals surface area contributed by atoms with Gasteiger partial charge in [0.1, 0.15) is 11.9 Å². The Balaban J connectivity index is 0.000000194. The Hall–Kier alpha value is -4.38. The minimum atomic E-state index is -0.689. The number of H-pyrrole nitrogens is 1. The largest absolute Gasteiger partial charge is 0.385 e. The smallest absolute Gasteiger partial charge is 0.332 e. The average molecular weight is 451 g/mol. The predicted molar refractivity (Wildman–Crippen MR) is 125 cm³/mol. The van der Waals surface area contributed by atoms with Crippen LogP contribution < -0.4 is 10.7 Å². The Kier molecular flexibility index (Phi) is 7.60. The van der Waals surface area contributed by atoms with E-state index in [9.17, 15) is 25.0 Å². The fourth-order valence-electron chi connectivity index (χ4n) is 3.18. The topological polar surface area (TPSA) is 153 Å². The molecule has 170 valence electrons. The van der Waals surface area contributed by atoms with Crippen LogP contribution in [0.4, 0.5) is 17.1 Å². The van der Waals surface area contributed by atoms with Gasteiger partial charge in [-0.15, -0.1) is 0 Å². The molecule has 4 rings (SSSR count). The number of pyridine rings is 2. The summed E-state index contributed by atoms with van der Waals surface area (Å²) in [6, 6.07) is 14.0. The second-order valence-corrected chi connectivity index (χ2v) is 6.87. The summed E-state index contributed by atoms with van der Waals surface area (Å²) in [5, 5.41) is 25.7. The zero-order valence-electron chi connectivity index (χ0n) is 17.7. The van der Waals surface area contributed by atoms with Gasteiger partial charge in [0.05, 0.1) is 26.9 Å². The van der Waals surface area contributed by atoms with Gasteiger partial charge < -0.3 is 15.0 Å². The number of fused-ring (bicyclic) bond motifs is 2. The molecule has 0 atom stereocenters. The van der Waals surface area contributed by atoms with Crippen LogP contribution in [-0.4, -0.2) is 40.1 Å². The second kappa shape index (κ2) is 10.8. The lowest BCUT2D eigenvalue weighted by Crippen LogP contribution is -2.08. The number of hydrogen-bond donors (Lipinski definition) is 2. The molecule has 0 fully saturated rings. The van der Waals surface area contributed by atoms with E-state index < -0.39 is 21.0 Å². The fraction of sp³-hybridized carbons (Fsp3) is 0.182. The molecular weight excluding hydrogens is 430 g/mol. The van der Waals surface area contributed by atoms with E-state index in [2.05, 4.69) is 15.3 Å². The number of rotatable bonds is 7. The number of nitrogens with one attached hydrogen (secondary N) is 2. The maximum Gasteiger partial charge on any atom is 0.332 e. The third-order valence-corrected chi connectivity index (χ3v) is 4.74. The number of benzene rings is 2. The number of aromatic nitrogens is 2. The second-order valence-electron chi connectivity index (χ2n) is 6.87. The molecule has 0 amide bonds. The molecule has 0 bridgehead atoms. The molecule has 11 nitrogen and oxygen atoms in total. The van der Waals surface area contributed by atoms with Gasteiger partial charge in [-0.3, -0.25) is 25.0 Å². The number of anilines is 1. The lowest BCUT2D eigenvalue weighted by atomic mass is 10.1. The van der Waals surface area contributed by atoms with Crippen molar-refractivity contribution >= 4 is 38.9 Å². The van der Waals surface area contributed by atoms with Gasteiger partial charge >= 0.3 is 11.4 Å². The van der Waals surface area contributed by atoms with Crippen molar-refractivity contribution in [3.05, 3.63) is 91.4 Å². The Morgan fingerprint density at radius 1 is 1.00 bits per heavy atom. The van der Waals surface area contributed by atoms with E-state index in [1.165, 1.54) is 6.20 Å². The zero-order valence-corrected chi connectivity index (χ0v) is 17.7. The molecule has 2 aromatic carbocycles. The van der Waals surface area contributed by atoms with Crippen LogP contribution in [0, 0.1) is 20.2 Å². The van der Waals surface area contributed by atoms with Crippen molar-refractivity contribution in [1.29, 1.82) is 0 Å². The van der Waals surface area contributed by atoms with E-state index in [1.54, 1.807) is 31.4 Å². The van der Waals surface area contributed by atoms with E-state index in [-0.39, 0.29) is 5.69 Å². The van der Waals surface area contributed by atoms with Crippen molar-refractivity contribution in [3.63, 3.8) is 0 Å².